The van der Waals surface area contributed by atoms with Crippen molar-refractivity contribution in [2.45, 2.75) is 77.7 Å². The van der Waals surface area contributed by atoms with Crippen LogP contribution in [0.2, 0.25) is 0 Å². The molecule has 0 bridgehead atoms. The van der Waals surface area contributed by atoms with Gasteiger partial charge in [0, 0.05) is 55.0 Å². The summed E-state index contributed by atoms with van der Waals surface area (Å²) in [6.07, 6.45) is -1.02. The molecule has 1 heterocycles. The monoisotopic (exact) mass is 966 g/mol. The fraction of sp³-hybridized carbons (Fsp3) is 0.419. The highest BCUT2D eigenvalue weighted by atomic mass is 16.7. The van der Waals surface area contributed by atoms with Gasteiger partial charge in [-0.3, -0.25) is 53.4 Å². The second-order valence-corrected chi connectivity index (χ2v) is 16.3. The van der Waals surface area contributed by atoms with E-state index >= 15 is 0 Å². The molecule has 1 aliphatic rings. The SMILES string of the molecule is CC(C)[C@H](NC(=O)CNC(=O)CNC(=O)CNC(=O)CCN1C(=O)C=CC1=O)C(=O)N[C@@H](CCCNC(N)=O)C(=O)Nc1ccc(C(OC(=O)Oc2ccc([N+](=O)[O-])cc2)C(=O)OC(C)(C)C)cc1. The lowest BCUT2D eigenvalue weighted by Crippen LogP contribution is -2.56. The lowest BCUT2D eigenvalue weighted by atomic mass is 10.0. The fourth-order valence-electron chi connectivity index (χ4n) is 5.85. The maximum Gasteiger partial charge on any atom is 0.515 e. The molecule has 26 nitrogen and oxygen atoms in total. The average Bonchev–Trinajstić information content (AvgIpc) is 3.60. The molecule has 0 fully saturated rings. The van der Waals surface area contributed by atoms with E-state index in [2.05, 4.69) is 37.2 Å². The summed E-state index contributed by atoms with van der Waals surface area (Å²) >= 11 is 0. The van der Waals surface area contributed by atoms with Crippen LogP contribution in [-0.4, -0.2) is 126 Å². The minimum Gasteiger partial charge on any atom is -0.457 e. The highest BCUT2D eigenvalue weighted by molar-refractivity contribution is 6.13. The van der Waals surface area contributed by atoms with Crippen molar-refractivity contribution in [2.75, 3.05) is 38.0 Å². The molecular formula is C43H54N10O16. The van der Waals surface area contributed by atoms with Gasteiger partial charge in [0.2, 0.25) is 41.5 Å². The average molecular weight is 967 g/mol. The topological polar surface area (TPSA) is 372 Å². The van der Waals surface area contributed by atoms with E-state index in [-0.39, 0.29) is 55.0 Å². The molecule has 0 aliphatic carbocycles. The number of nitro benzene ring substituents is 1. The third-order valence-corrected chi connectivity index (χ3v) is 9.23. The van der Waals surface area contributed by atoms with Crippen LogP contribution in [0.5, 0.6) is 5.75 Å². The molecule has 3 rings (SSSR count). The maximum atomic E-state index is 13.7. The Morgan fingerprint density at radius 1 is 0.754 bits per heavy atom. The summed E-state index contributed by atoms with van der Waals surface area (Å²) in [4.78, 5) is 148. The van der Waals surface area contributed by atoms with E-state index in [0.717, 1.165) is 41.3 Å². The van der Waals surface area contributed by atoms with Gasteiger partial charge < -0.3 is 57.2 Å². The molecule has 0 spiro atoms. The molecule has 3 atom stereocenters. The van der Waals surface area contributed by atoms with Crippen molar-refractivity contribution in [3.05, 3.63) is 76.4 Å². The van der Waals surface area contributed by atoms with Gasteiger partial charge in [0.05, 0.1) is 24.6 Å². The zero-order chi connectivity index (χ0) is 51.4. The third kappa shape index (κ3) is 19.5. The quantitative estimate of drug-likeness (QED) is 0.0170. The number of hydrogen-bond acceptors (Lipinski definition) is 16. The minimum atomic E-state index is -1.67. The van der Waals surface area contributed by atoms with Crippen molar-refractivity contribution in [3.8, 4) is 5.75 Å². The number of carbonyl (C=O) groups excluding carboxylic acids is 11. The highest BCUT2D eigenvalue weighted by Crippen LogP contribution is 2.26. The number of non-ortho nitro benzene ring substituents is 1. The Balaban J connectivity index is 1.60. The molecule has 0 saturated carbocycles. The maximum absolute atomic E-state index is 13.7. The van der Waals surface area contributed by atoms with Gasteiger partial charge in [-0.05, 0) is 63.8 Å². The number of imide groups is 1. The molecule has 0 aromatic heterocycles. The number of carbonyl (C=O) groups is 11. The normalized spacial score (nSPS) is 13.2. The molecule has 372 valence electrons. The molecule has 0 radical (unpaired) electrons. The Bertz CT molecular complexity index is 2280. The number of esters is 1. The lowest BCUT2D eigenvalue weighted by Gasteiger charge is -2.25. The molecule has 26 heteroatoms. The Hall–Kier alpha value is -8.45. The van der Waals surface area contributed by atoms with Crippen molar-refractivity contribution < 1.29 is 71.9 Å². The number of amides is 10. The van der Waals surface area contributed by atoms with Crippen molar-refractivity contribution in [2.24, 2.45) is 11.7 Å². The molecule has 69 heavy (non-hydrogen) atoms. The summed E-state index contributed by atoms with van der Waals surface area (Å²) in [5, 5.41) is 27.9. The van der Waals surface area contributed by atoms with Gasteiger partial charge in [-0.2, -0.15) is 0 Å². The number of anilines is 1. The van der Waals surface area contributed by atoms with Crippen LogP contribution in [0.25, 0.3) is 0 Å². The summed E-state index contributed by atoms with van der Waals surface area (Å²) in [5.74, 6) is -7.28. The van der Waals surface area contributed by atoms with Gasteiger partial charge >= 0.3 is 18.2 Å². The van der Waals surface area contributed by atoms with Gasteiger partial charge in [0.25, 0.3) is 17.5 Å². The summed E-state index contributed by atoms with van der Waals surface area (Å²) < 4.78 is 15.9. The number of ether oxygens (including phenoxy) is 3. The zero-order valence-corrected chi connectivity index (χ0v) is 38.2. The molecule has 1 unspecified atom stereocenters. The molecule has 1 aliphatic heterocycles. The van der Waals surface area contributed by atoms with Gasteiger partial charge in [-0.15, -0.1) is 0 Å². The van der Waals surface area contributed by atoms with E-state index in [1.165, 1.54) is 24.3 Å². The van der Waals surface area contributed by atoms with Crippen molar-refractivity contribution >= 4 is 76.8 Å². The smallest absolute Gasteiger partial charge is 0.457 e. The number of nitrogens with zero attached hydrogens (tertiary/aromatic N) is 2. The van der Waals surface area contributed by atoms with E-state index in [9.17, 15) is 62.9 Å². The van der Waals surface area contributed by atoms with E-state index in [1.54, 1.807) is 34.6 Å². The van der Waals surface area contributed by atoms with Crippen molar-refractivity contribution in [3.63, 3.8) is 0 Å². The largest absolute Gasteiger partial charge is 0.515 e. The van der Waals surface area contributed by atoms with Crippen molar-refractivity contribution in [1.29, 1.82) is 0 Å². The lowest BCUT2D eigenvalue weighted by molar-refractivity contribution is -0.384. The van der Waals surface area contributed by atoms with E-state index in [0.29, 0.717) is 0 Å². The second-order valence-electron chi connectivity index (χ2n) is 16.3. The number of nitro groups is 1. The number of nitrogens with two attached hydrogens (primary N) is 1. The van der Waals surface area contributed by atoms with Crippen LogP contribution in [0, 0.1) is 16.0 Å². The standard InChI is InChI=1S/C43H54N10O16/c1-24(2)36(51-33(57)23-48-32(56)22-47-31(55)21-46-30(54)18-20-52-34(58)16-17-35(52)59)39(61)50-29(7-6-19-45-41(44)63)38(60)49-26-10-8-25(9-11-26)37(40(62)69-43(3,4)5)68-42(64)67-28-14-12-27(13-15-28)53(65)66/h8-17,24,29,36-37H,6-7,18-23H2,1-5H3,(H,46,54)(H,47,55)(H,48,56)(H,49,60)(H,50,61)(H,51,57)(H3,44,45,63)/t29-,36-,37?/m0/s1. The van der Waals surface area contributed by atoms with Crippen LogP contribution in [0.15, 0.2) is 60.7 Å². The predicted molar refractivity (Wildman–Crippen MR) is 239 cm³/mol. The first kappa shape index (κ1) is 54.9. The van der Waals surface area contributed by atoms with Crippen LogP contribution in [0.3, 0.4) is 0 Å². The van der Waals surface area contributed by atoms with E-state index in [1.807, 2.05) is 0 Å². The summed E-state index contributed by atoms with van der Waals surface area (Å²) in [6.45, 7) is 6.10. The van der Waals surface area contributed by atoms with E-state index < -0.39 is 120 Å². The van der Waals surface area contributed by atoms with Gasteiger partial charge in [0.15, 0.2) is 0 Å². The van der Waals surface area contributed by atoms with Gasteiger partial charge in [0.1, 0.15) is 23.4 Å². The summed E-state index contributed by atoms with van der Waals surface area (Å²) in [6, 6.07) is 6.61. The highest BCUT2D eigenvalue weighted by Gasteiger charge is 2.33. The van der Waals surface area contributed by atoms with Crippen LogP contribution in [0.1, 0.15) is 65.5 Å². The van der Waals surface area contributed by atoms with Crippen molar-refractivity contribution in [1.82, 2.24) is 36.8 Å². The molecular weight excluding hydrogens is 913 g/mol. The van der Waals surface area contributed by atoms with Crippen LogP contribution < -0.4 is 47.7 Å². The first-order valence-corrected chi connectivity index (χ1v) is 21.2. The first-order chi connectivity index (χ1) is 32.4. The number of rotatable bonds is 24. The predicted octanol–water partition coefficient (Wildman–Crippen LogP) is -0.130. The van der Waals surface area contributed by atoms with Crippen LogP contribution >= 0.6 is 0 Å². The van der Waals surface area contributed by atoms with Crippen LogP contribution in [-0.2, 0) is 52.6 Å². The Morgan fingerprint density at radius 3 is 1.86 bits per heavy atom. The summed E-state index contributed by atoms with van der Waals surface area (Å²) in [7, 11) is 0. The van der Waals surface area contributed by atoms with Gasteiger partial charge in [-0.1, -0.05) is 26.0 Å². The molecule has 2 aromatic carbocycles. The first-order valence-electron chi connectivity index (χ1n) is 21.2. The number of urea groups is 1. The number of primary amides is 1. The fourth-order valence-corrected chi connectivity index (χ4v) is 5.85. The molecule has 0 saturated heterocycles. The molecule has 2 aromatic rings. The second kappa shape index (κ2) is 26.0. The summed E-state index contributed by atoms with van der Waals surface area (Å²) in [5.41, 5.74) is 4.13. The van der Waals surface area contributed by atoms with Crippen LogP contribution in [0.4, 0.5) is 21.0 Å². The molecule has 9 N–H and O–H groups in total. The molecule has 10 amide bonds. The van der Waals surface area contributed by atoms with Gasteiger partial charge in [-0.25, -0.2) is 14.4 Å². The minimum absolute atomic E-state index is 0.0325. The Labute approximate surface area is 394 Å². The third-order valence-electron chi connectivity index (χ3n) is 9.23. The Kier molecular flexibility index (Phi) is 20.7. The number of nitrogens with one attached hydrogen (secondary N) is 7. The number of hydrogen-bond donors (Lipinski definition) is 8. The Morgan fingerprint density at radius 2 is 1.32 bits per heavy atom. The number of benzene rings is 2. The zero-order valence-electron chi connectivity index (χ0n) is 38.2. The van der Waals surface area contributed by atoms with E-state index in [4.69, 9.17) is 19.9 Å².